The minimum atomic E-state index is 0.104. The van der Waals surface area contributed by atoms with Gasteiger partial charge in [-0.05, 0) is 55.3 Å². The van der Waals surface area contributed by atoms with Gasteiger partial charge in [0.05, 0.1) is 7.11 Å². The predicted molar refractivity (Wildman–Crippen MR) is 89.9 cm³/mol. The third kappa shape index (κ3) is 3.90. The summed E-state index contributed by atoms with van der Waals surface area (Å²) in [6.45, 7) is 1.98. The van der Waals surface area contributed by atoms with E-state index in [-0.39, 0.29) is 6.04 Å². The van der Waals surface area contributed by atoms with Crippen molar-refractivity contribution in [2.24, 2.45) is 5.73 Å². The number of rotatable bonds is 5. The molecule has 0 aliphatic heterocycles. The Kier molecular flexibility index (Phi) is 5.10. The molecule has 0 saturated heterocycles. The van der Waals surface area contributed by atoms with Crippen molar-refractivity contribution in [3.05, 3.63) is 53.1 Å². The second kappa shape index (κ2) is 6.83. The highest BCUT2D eigenvalue weighted by molar-refractivity contribution is 6.31. The molecule has 0 bridgehead atoms. The smallest absolute Gasteiger partial charge is 0.119 e. The number of ether oxygens (including phenoxy) is 1. The Morgan fingerprint density at radius 3 is 2.29 bits per heavy atom. The molecule has 1 unspecified atom stereocenters. The molecular weight excluding hydrogens is 284 g/mol. The van der Waals surface area contributed by atoms with Crippen molar-refractivity contribution < 1.29 is 4.74 Å². The van der Waals surface area contributed by atoms with E-state index in [2.05, 4.69) is 11.0 Å². The highest BCUT2D eigenvalue weighted by atomic mass is 35.5. The molecule has 0 aliphatic carbocycles. The Hall–Kier alpha value is -1.71. The van der Waals surface area contributed by atoms with Crippen LogP contribution in [0.2, 0.25) is 5.02 Å². The molecule has 21 heavy (non-hydrogen) atoms. The van der Waals surface area contributed by atoms with Crippen molar-refractivity contribution in [3.63, 3.8) is 0 Å². The molecule has 0 radical (unpaired) electrons. The van der Waals surface area contributed by atoms with Crippen molar-refractivity contribution in [1.82, 2.24) is 0 Å². The zero-order valence-electron chi connectivity index (χ0n) is 12.6. The topological polar surface area (TPSA) is 38.5 Å². The predicted octanol–water partition coefficient (Wildman–Crippen LogP) is 4.01. The molecule has 1 atom stereocenters. The first-order valence-electron chi connectivity index (χ1n) is 6.93. The van der Waals surface area contributed by atoms with Gasteiger partial charge in [0.2, 0.25) is 0 Å². The first kappa shape index (κ1) is 15.7. The Balaban J connectivity index is 2.22. The summed E-state index contributed by atoms with van der Waals surface area (Å²) < 4.78 is 5.17. The fraction of sp³-hybridized carbons (Fsp3) is 0.294. The van der Waals surface area contributed by atoms with E-state index in [0.717, 1.165) is 34.1 Å². The molecular formula is C17H21ClN2O. The van der Waals surface area contributed by atoms with E-state index >= 15 is 0 Å². The second-order valence-electron chi connectivity index (χ2n) is 5.21. The molecule has 0 aliphatic rings. The van der Waals surface area contributed by atoms with Gasteiger partial charge in [0.1, 0.15) is 5.75 Å². The van der Waals surface area contributed by atoms with E-state index in [1.54, 1.807) is 7.11 Å². The van der Waals surface area contributed by atoms with E-state index in [0.29, 0.717) is 0 Å². The largest absolute Gasteiger partial charge is 0.497 e. The lowest BCUT2D eigenvalue weighted by atomic mass is 10.1. The standard InChI is InChI=1S/C17H21ClN2O/c1-12(19)10-13-4-5-15(11-17(13)18)20(2)14-6-8-16(21-3)9-7-14/h4-9,11-12H,10,19H2,1-3H3. The zero-order chi connectivity index (χ0) is 15.4. The Bertz CT molecular complexity index is 596. The van der Waals surface area contributed by atoms with Crippen LogP contribution in [0, 0.1) is 0 Å². The number of nitrogens with two attached hydrogens (primary N) is 1. The van der Waals surface area contributed by atoms with E-state index in [1.807, 2.05) is 50.4 Å². The molecule has 2 aromatic carbocycles. The van der Waals surface area contributed by atoms with Crippen LogP contribution in [0.15, 0.2) is 42.5 Å². The lowest BCUT2D eigenvalue weighted by Crippen LogP contribution is -2.18. The fourth-order valence-corrected chi connectivity index (χ4v) is 2.46. The SMILES string of the molecule is COc1ccc(N(C)c2ccc(CC(C)N)c(Cl)c2)cc1. The monoisotopic (exact) mass is 304 g/mol. The summed E-state index contributed by atoms with van der Waals surface area (Å²) in [5.41, 5.74) is 9.03. The molecule has 2 aromatic rings. The first-order chi connectivity index (χ1) is 10.0. The zero-order valence-corrected chi connectivity index (χ0v) is 13.4. The maximum atomic E-state index is 6.35. The van der Waals surface area contributed by atoms with Crippen LogP contribution < -0.4 is 15.4 Å². The molecule has 0 saturated carbocycles. The van der Waals surface area contributed by atoms with Gasteiger partial charge in [0.15, 0.2) is 0 Å². The molecule has 0 heterocycles. The average Bonchev–Trinajstić information content (AvgIpc) is 2.48. The van der Waals surface area contributed by atoms with Crippen LogP contribution in [0.5, 0.6) is 5.75 Å². The highest BCUT2D eigenvalue weighted by Gasteiger charge is 2.08. The van der Waals surface area contributed by atoms with Crippen molar-refractivity contribution >= 4 is 23.0 Å². The van der Waals surface area contributed by atoms with E-state index < -0.39 is 0 Å². The molecule has 0 aromatic heterocycles. The van der Waals surface area contributed by atoms with Crippen molar-refractivity contribution in [2.45, 2.75) is 19.4 Å². The van der Waals surface area contributed by atoms with Gasteiger partial charge in [0, 0.05) is 29.5 Å². The molecule has 2 rings (SSSR count). The first-order valence-corrected chi connectivity index (χ1v) is 7.31. The van der Waals surface area contributed by atoms with E-state index in [4.69, 9.17) is 22.1 Å². The second-order valence-corrected chi connectivity index (χ2v) is 5.62. The van der Waals surface area contributed by atoms with Gasteiger partial charge in [-0.1, -0.05) is 17.7 Å². The molecule has 4 heteroatoms. The number of methoxy groups -OCH3 is 1. The van der Waals surface area contributed by atoms with Crippen LogP contribution in [0.25, 0.3) is 0 Å². The van der Waals surface area contributed by atoms with Crippen LogP contribution in [-0.4, -0.2) is 20.2 Å². The normalized spacial score (nSPS) is 12.0. The van der Waals surface area contributed by atoms with Gasteiger partial charge in [-0.15, -0.1) is 0 Å². The Morgan fingerprint density at radius 2 is 1.76 bits per heavy atom. The van der Waals surface area contributed by atoms with Crippen molar-refractivity contribution in [3.8, 4) is 5.75 Å². The fourth-order valence-electron chi connectivity index (χ4n) is 2.21. The minimum Gasteiger partial charge on any atom is -0.497 e. The lowest BCUT2D eigenvalue weighted by Gasteiger charge is -2.21. The summed E-state index contributed by atoms with van der Waals surface area (Å²) in [6.07, 6.45) is 0.783. The quantitative estimate of drug-likeness (QED) is 0.907. The van der Waals surface area contributed by atoms with Crippen LogP contribution >= 0.6 is 11.6 Å². The molecule has 0 amide bonds. The summed E-state index contributed by atoms with van der Waals surface area (Å²) >= 11 is 6.35. The number of halogens is 1. The third-order valence-electron chi connectivity index (χ3n) is 3.43. The molecule has 3 nitrogen and oxygen atoms in total. The van der Waals surface area contributed by atoms with Gasteiger partial charge in [0.25, 0.3) is 0 Å². The summed E-state index contributed by atoms with van der Waals surface area (Å²) in [7, 11) is 3.67. The number of hydrogen-bond donors (Lipinski definition) is 1. The molecule has 0 spiro atoms. The molecule has 0 fully saturated rings. The highest BCUT2D eigenvalue weighted by Crippen LogP contribution is 2.29. The average molecular weight is 305 g/mol. The Labute approximate surface area is 131 Å². The van der Waals surface area contributed by atoms with Crippen molar-refractivity contribution in [2.75, 3.05) is 19.1 Å². The van der Waals surface area contributed by atoms with Crippen LogP contribution in [0.3, 0.4) is 0 Å². The van der Waals surface area contributed by atoms with Crippen LogP contribution in [-0.2, 0) is 6.42 Å². The summed E-state index contributed by atoms with van der Waals surface area (Å²) in [5, 5.41) is 0.755. The summed E-state index contributed by atoms with van der Waals surface area (Å²) in [4.78, 5) is 2.08. The third-order valence-corrected chi connectivity index (χ3v) is 3.78. The van der Waals surface area contributed by atoms with Gasteiger partial charge in [-0.3, -0.25) is 0 Å². The minimum absolute atomic E-state index is 0.104. The molecule has 2 N–H and O–H groups in total. The van der Waals surface area contributed by atoms with Crippen molar-refractivity contribution in [1.29, 1.82) is 0 Å². The van der Waals surface area contributed by atoms with E-state index in [9.17, 15) is 0 Å². The maximum Gasteiger partial charge on any atom is 0.119 e. The van der Waals surface area contributed by atoms with Crippen LogP contribution in [0.4, 0.5) is 11.4 Å². The van der Waals surface area contributed by atoms with Gasteiger partial charge >= 0.3 is 0 Å². The number of benzene rings is 2. The van der Waals surface area contributed by atoms with E-state index in [1.165, 1.54) is 0 Å². The van der Waals surface area contributed by atoms with Crippen LogP contribution in [0.1, 0.15) is 12.5 Å². The molecule has 112 valence electrons. The summed E-state index contributed by atoms with van der Waals surface area (Å²) in [5.74, 6) is 0.845. The Morgan fingerprint density at radius 1 is 1.14 bits per heavy atom. The lowest BCUT2D eigenvalue weighted by molar-refractivity contribution is 0.415. The van der Waals surface area contributed by atoms with Gasteiger partial charge < -0.3 is 15.4 Å². The van der Waals surface area contributed by atoms with Gasteiger partial charge in [-0.25, -0.2) is 0 Å². The number of nitrogens with zero attached hydrogens (tertiary/aromatic N) is 1. The number of hydrogen-bond acceptors (Lipinski definition) is 3. The number of anilines is 2. The van der Waals surface area contributed by atoms with Gasteiger partial charge in [-0.2, -0.15) is 0 Å². The summed E-state index contributed by atoms with van der Waals surface area (Å²) in [6, 6.07) is 14.1. The maximum absolute atomic E-state index is 6.35.